The van der Waals surface area contributed by atoms with Gasteiger partial charge in [0, 0.05) is 0 Å². The maximum Gasteiger partial charge on any atom is 0.0735 e. The number of unbranched alkanes of at least 4 members (excludes halogenated alkanes) is 1. The van der Waals surface area contributed by atoms with E-state index in [0.29, 0.717) is 5.92 Å². The monoisotopic (exact) mass is 215 g/mol. The highest BCUT2D eigenvalue weighted by Crippen LogP contribution is 2.23. The zero-order valence-electron chi connectivity index (χ0n) is 10.5. The summed E-state index contributed by atoms with van der Waals surface area (Å²) < 4.78 is 0. The molecule has 1 aromatic carbocycles. The zero-order valence-corrected chi connectivity index (χ0v) is 10.5. The third kappa shape index (κ3) is 3.38. The fourth-order valence-electron chi connectivity index (χ4n) is 1.88. The van der Waals surface area contributed by atoms with Crippen molar-refractivity contribution in [1.82, 2.24) is 0 Å². The smallest absolute Gasteiger partial charge is 0.0735 e. The zero-order chi connectivity index (χ0) is 12.0. The van der Waals surface area contributed by atoms with E-state index in [9.17, 15) is 0 Å². The van der Waals surface area contributed by atoms with Gasteiger partial charge >= 0.3 is 0 Å². The second kappa shape index (κ2) is 6.33. The van der Waals surface area contributed by atoms with E-state index in [4.69, 9.17) is 5.26 Å². The molecule has 1 heteroatoms. The van der Waals surface area contributed by atoms with Crippen LogP contribution in [0, 0.1) is 17.2 Å². The third-order valence-electron chi connectivity index (χ3n) is 2.96. The van der Waals surface area contributed by atoms with Gasteiger partial charge in [-0.3, -0.25) is 0 Å². The topological polar surface area (TPSA) is 23.8 Å². The fraction of sp³-hybridized carbons (Fsp3) is 0.533. The summed E-state index contributed by atoms with van der Waals surface area (Å²) in [4.78, 5) is 0. The van der Waals surface area contributed by atoms with Crippen molar-refractivity contribution < 1.29 is 0 Å². The van der Waals surface area contributed by atoms with Crippen LogP contribution in [0.2, 0.25) is 0 Å². The summed E-state index contributed by atoms with van der Waals surface area (Å²) in [6.07, 6.45) is 3.62. The van der Waals surface area contributed by atoms with Crippen LogP contribution in [-0.2, 0) is 6.42 Å². The van der Waals surface area contributed by atoms with E-state index in [0.717, 1.165) is 12.0 Å². The molecule has 0 fully saturated rings. The van der Waals surface area contributed by atoms with E-state index in [1.54, 1.807) is 0 Å². The van der Waals surface area contributed by atoms with Crippen LogP contribution in [0.25, 0.3) is 0 Å². The van der Waals surface area contributed by atoms with Crippen LogP contribution in [0.15, 0.2) is 24.3 Å². The number of hydrogen-bond donors (Lipinski definition) is 0. The van der Waals surface area contributed by atoms with Gasteiger partial charge in [0.25, 0.3) is 0 Å². The van der Waals surface area contributed by atoms with E-state index in [-0.39, 0.29) is 5.92 Å². The second-order valence-corrected chi connectivity index (χ2v) is 4.70. The lowest BCUT2D eigenvalue weighted by Gasteiger charge is -2.13. The number of nitrogens with zero attached hydrogens (tertiary/aromatic N) is 1. The number of hydrogen-bond acceptors (Lipinski definition) is 1. The van der Waals surface area contributed by atoms with Gasteiger partial charge in [0.15, 0.2) is 0 Å². The number of nitriles is 1. The Morgan fingerprint density at radius 2 is 1.81 bits per heavy atom. The molecule has 0 aliphatic carbocycles. The Kier molecular flexibility index (Phi) is 5.05. The second-order valence-electron chi connectivity index (χ2n) is 4.70. The minimum absolute atomic E-state index is 0.0280. The Bertz CT molecular complexity index is 343. The quantitative estimate of drug-likeness (QED) is 0.718. The number of benzene rings is 1. The van der Waals surface area contributed by atoms with E-state index >= 15 is 0 Å². The van der Waals surface area contributed by atoms with Gasteiger partial charge in [-0.15, -0.1) is 0 Å². The molecule has 0 saturated carbocycles. The Morgan fingerprint density at radius 3 is 2.25 bits per heavy atom. The number of rotatable bonds is 5. The van der Waals surface area contributed by atoms with Crippen molar-refractivity contribution in [2.24, 2.45) is 5.92 Å². The summed E-state index contributed by atoms with van der Waals surface area (Å²) >= 11 is 0. The Morgan fingerprint density at radius 1 is 1.19 bits per heavy atom. The van der Waals surface area contributed by atoms with Crippen LogP contribution in [0.5, 0.6) is 0 Å². The summed E-state index contributed by atoms with van der Waals surface area (Å²) in [7, 11) is 0. The van der Waals surface area contributed by atoms with E-state index < -0.39 is 0 Å². The molecule has 0 aliphatic heterocycles. The van der Waals surface area contributed by atoms with Gasteiger partial charge in [0.2, 0.25) is 0 Å². The maximum absolute atomic E-state index is 9.11. The van der Waals surface area contributed by atoms with E-state index in [1.807, 2.05) is 0 Å². The molecule has 1 unspecified atom stereocenters. The first-order chi connectivity index (χ1) is 7.69. The molecule has 0 aliphatic rings. The van der Waals surface area contributed by atoms with E-state index in [2.05, 4.69) is 51.1 Å². The first-order valence-electron chi connectivity index (χ1n) is 6.17. The van der Waals surface area contributed by atoms with E-state index in [1.165, 1.54) is 18.4 Å². The minimum atomic E-state index is 0.0280. The highest BCUT2D eigenvalue weighted by molar-refractivity contribution is 5.29. The van der Waals surface area contributed by atoms with Crippen molar-refractivity contribution in [2.75, 3.05) is 0 Å². The molecule has 0 heterocycles. The van der Waals surface area contributed by atoms with Gasteiger partial charge < -0.3 is 0 Å². The average Bonchev–Trinajstić information content (AvgIpc) is 2.28. The summed E-state index contributed by atoms with van der Waals surface area (Å²) in [5.41, 5.74) is 2.53. The summed E-state index contributed by atoms with van der Waals surface area (Å²) in [5.74, 6) is 0.409. The fourth-order valence-corrected chi connectivity index (χ4v) is 1.88. The Hall–Kier alpha value is -1.29. The van der Waals surface area contributed by atoms with Crippen LogP contribution in [-0.4, -0.2) is 0 Å². The minimum Gasteiger partial charge on any atom is -0.198 e. The third-order valence-corrected chi connectivity index (χ3v) is 2.96. The highest BCUT2D eigenvalue weighted by atomic mass is 14.3. The molecule has 1 aromatic rings. The molecule has 16 heavy (non-hydrogen) atoms. The molecule has 1 rings (SSSR count). The molecule has 0 N–H and O–H groups in total. The van der Waals surface area contributed by atoms with Crippen molar-refractivity contribution in [3.05, 3.63) is 35.4 Å². The molecule has 0 amide bonds. The first kappa shape index (κ1) is 12.8. The van der Waals surface area contributed by atoms with Crippen LogP contribution in [0.3, 0.4) is 0 Å². The summed E-state index contributed by atoms with van der Waals surface area (Å²) in [6, 6.07) is 10.9. The van der Waals surface area contributed by atoms with Crippen molar-refractivity contribution >= 4 is 0 Å². The normalized spacial score (nSPS) is 12.4. The standard InChI is InChI=1S/C15H21N/c1-4-5-6-13-7-9-14(10-8-13)15(11-16)12(2)3/h7-10,12,15H,4-6H2,1-3H3. The van der Waals surface area contributed by atoms with Gasteiger partial charge in [-0.25, -0.2) is 0 Å². The maximum atomic E-state index is 9.11. The summed E-state index contributed by atoms with van der Waals surface area (Å²) in [5, 5.41) is 9.11. The Balaban J connectivity index is 2.74. The van der Waals surface area contributed by atoms with Crippen molar-refractivity contribution in [3.8, 4) is 6.07 Å². The highest BCUT2D eigenvalue weighted by Gasteiger charge is 2.14. The average molecular weight is 215 g/mol. The lowest BCUT2D eigenvalue weighted by molar-refractivity contribution is 0.587. The molecule has 1 atom stereocenters. The lowest BCUT2D eigenvalue weighted by atomic mass is 9.89. The molecule has 86 valence electrons. The van der Waals surface area contributed by atoms with Crippen LogP contribution >= 0.6 is 0 Å². The van der Waals surface area contributed by atoms with Gasteiger partial charge in [-0.05, 0) is 29.9 Å². The van der Waals surface area contributed by atoms with Crippen LogP contribution in [0.1, 0.15) is 50.7 Å². The van der Waals surface area contributed by atoms with Crippen LogP contribution < -0.4 is 0 Å². The molecule has 0 bridgehead atoms. The van der Waals surface area contributed by atoms with Crippen molar-refractivity contribution in [2.45, 2.75) is 46.0 Å². The predicted octanol–water partition coefficient (Wildman–Crippen LogP) is 4.29. The van der Waals surface area contributed by atoms with Crippen molar-refractivity contribution in [1.29, 1.82) is 5.26 Å². The molecule has 0 aromatic heterocycles. The first-order valence-corrected chi connectivity index (χ1v) is 6.17. The van der Waals surface area contributed by atoms with Crippen LogP contribution in [0.4, 0.5) is 0 Å². The largest absolute Gasteiger partial charge is 0.198 e. The number of aryl methyl sites for hydroxylation is 1. The van der Waals surface area contributed by atoms with Gasteiger partial charge in [-0.2, -0.15) is 5.26 Å². The molecular formula is C15H21N. The molecule has 0 radical (unpaired) electrons. The Labute approximate surface area is 99.1 Å². The predicted molar refractivity (Wildman–Crippen MR) is 68.2 cm³/mol. The lowest BCUT2D eigenvalue weighted by Crippen LogP contribution is -2.03. The van der Waals surface area contributed by atoms with Crippen molar-refractivity contribution in [3.63, 3.8) is 0 Å². The SMILES string of the molecule is CCCCc1ccc(C(C#N)C(C)C)cc1. The van der Waals surface area contributed by atoms with Gasteiger partial charge in [-0.1, -0.05) is 51.5 Å². The molecular weight excluding hydrogens is 194 g/mol. The summed E-state index contributed by atoms with van der Waals surface area (Å²) in [6.45, 7) is 6.40. The molecule has 0 saturated heterocycles. The molecule has 0 spiro atoms. The molecule has 1 nitrogen and oxygen atoms in total. The van der Waals surface area contributed by atoms with Gasteiger partial charge in [0.1, 0.15) is 0 Å². The van der Waals surface area contributed by atoms with Gasteiger partial charge in [0.05, 0.1) is 12.0 Å².